The minimum absolute atomic E-state index is 0. The Morgan fingerprint density at radius 2 is 1.38 bits per heavy atom. The number of halogens is 2. The second-order valence-electron chi connectivity index (χ2n) is 11.0. The average Bonchev–Trinajstić information content (AvgIpc) is 2.89. The Bertz CT molecular complexity index is 939. The van der Waals surface area contributed by atoms with Crippen molar-refractivity contribution < 1.29 is 21.4 Å². The zero-order chi connectivity index (χ0) is 20.2. The number of aliphatic hydroxyl groups is 1. The molecule has 6 heteroatoms. The van der Waals surface area contributed by atoms with E-state index in [1.54, 1.807) is 0 Å². The molecule has 2 aromatic carbocycles. The third kappa shape index (κ3) is 4.06. The Balaban J connectivity index is 0.00000210. The van der Waals surface area contributed by atoms with Gasteiger partial charge in [-0.05, 0) is 0 Å². The third-order valence-corrected chi connectivity index (χ3v) is 61.1. The van der Waals surface area contributed by atoms with Crippen LogP contribution in [0.2, 0.25) is 21.9 Å². The summed E-state index contributed by atoms with van der Waals surface area (Å²) in [5.41, 5.74) is 5.49. The van der Waals surface area contributed by atoms with E-state index in [1.807, 2.05) is 0 Å². The van der Waals surface area contributed by atoms with Crippen molar-refractivity contribution in [2.24, 2.45) is 0 Å². The van der Waals surface area contributed by atoms with Crippen LogP contribution in [-0.2, 0) is 16.3 Å². The number of benzene rings is 2. The van der Waals surface area contributed by atoms with Crippen LogP contribution in [0.4, 0.5) is 0 Å². The van der Waals surface area contributed by atoms with Gasteiger partial charge in [0.1, 0.15) is 0 Å². The Morgan fingerprint density at radius 1 is 0.966 bits per heavy atom. The van der Waals surface area contributed by atoms with E-state index in [4.69, 9.17) is 4.21 Å². The topological polar surface area (TPSA) is 32.3 Å². The number of hydrogen-bond acceptors (Lipinski definition) is 2. The summed E-state index contributed by atoms with van der Waals surface area (Å²) in [7, 11) is 0. The predicted octanol–water partition coefficient (Wildman–Crippen LogP) is 6.00. The molecule has 2 aromatic rings. The molecule has 2 nitrogen and oxygen atoms in total. The molecule has 0 atom stereocenters. The van der Waals surface area contributed by atoms with E-state index >= 15 is 0 Å². The van der Waals surface area contributed by atoms with E-state index < -0.39 is 22.2 Å². The standard InChI is InChI=1S/C13H9.C4H10N.C2H5O.C2H7Si.CH3.CH2.2ClH.Zr/c1-3-7-12-10(5-1)9-11-6-2-4-8-13(11)12;1-4(2,3)5;1-2-3;1-3-2;;;;;/h1-9H;5H,1-3H3;3H,1-2H2;3H,1-2H3;1H3;1H2;2*1H;/q;-1;;;;;;;+1. The predicted molar refractivity (Wildman–Crippen MR) is 135 cm³/mol. The van der Waals surface area contributed by atoms with Crippen LogP contribution in [-0.4, -0.2) is 27.4 Å². The molecule has 1 aliphatic rings. The molecule has 0 spiro atoms. The van der Waals surface area contributed by atoms with Crippen LogP contribution in [0.5, 0.6) is 0 Å². The molecule has 0 saturated heterocycles. The van der Waals surface area contributed by atoms with Crippen molar-refractivity contribution in [2.75, 3.05) is 6.61 Å². The second kappa shape index (κ2) is 8.11. The van der Waals surface area contributed by atoms with E-state index in [-0.39, 0.29) is 40.6 Å². The zero-order valence-corrected chi connectivity index (χ0v) is 23.9. The van der Waals surface area contributed by atoms with Crippen molar-refractivity contribution in [2.45, 2.75) is 51.8 Å². The van der Waals surface area contributed by atoms with Gasteiger partial charge in [-0.2, -0.15) is 0 Å². The van der Waals surface area contributed by atoms with Gasteiger partial charge in [0.2, 0.25) is 0 Å². The van der Waals surface area contributed by atoms with Crippen LogP contribution in [0.1, 0.15) is 35.5 Å². The molecule has 3 rings (SSSR count). The summed E-state index contributed by atoms with van der Waals surface area (Å²) >= 11 is -4.48. The van der Waals surface area contributed by atoms with Gasteiger partial charge in [0.15, 0.2) is 0 Å². The molecule has 0 radical (unpaired) electrons. The van der Waals surface area contributed by atoms with Gasteiger partial charge in [-0.1, -0.05) is 0 Å². The van der Waals surface area contributed by atoms with Crippen molar-refractivity contribution in [3.8, 4) is 11.1 Å². The molecular formula is C23H38Cl2NOSiZr. The molecule has 1 aliphatic carbocycles. The maximum atomic E-state index is 10.3. The van der Waals surface area contributed by atoms with E-state index in [1.165, 1.54) is 22.3 Å². The number of aliphatic hydroxyl groups excluding tert-OH is 1. The fourth-order valence-electron chi connectivity index (χ4n) is 6.00. The summed E-state index contributed by atoms with van der Waals surface area (Å²) in [6, 6.07) is 17.7. The second-order valence-corrected chi connectivity index (χ2v) is 53.8. The van der Waals surface area contributed by atoms with Crippen molar-refractivity contribution in [1.82, 2.24) is 3.26 Å². The zero-order valence-electron chi connectivity index (χ0n) is 18.7. The van der Waals surface area contributed by atoms with Gasteiger partial charge in [0.05, 0.1) is 0 Å². The molecule has 0 amide bonds. The first-order chi connectivity index (χ1) is 12.4. The molecule has 0 unspecified atom stereocenters. The summed E-state index contributed by atoms with van der Waals surface area (Å²) < 4.78 is 13.1. The molecule has 0 saturated carbocycles. The Kier molecular flexibility index (Phi) is 7.54. The van der Waals surface area contributed by atoms with Crippen LogP contribution >= 0.6 is 24.8 Å². The van der Waals surface area contributed by atoms with E-state index in [9.17, 15) is 5.11 Å². The van der Waals surface area contributed by atoms with Gasteiger partial charge in [-0.3, -0.25) is 0 Å². The van der Waals surface area contributed by atoms with Crippen molar-refractivity contribution >= 4 is 34.9 Å². The molecule has 29 heavy (non-hydrogen) atoms. The van der Waals surface area contributed by atoms with Gasteiger partial charge in [0, 0.05) is 0 Å². The number of hydrogen-bond donors (Lipinski definition) is 2. The van der Waals surface area contributed by atoms with Gasteiger partial charge in [-0.15, -0.1) is 24.8 Å². The normalized spacial score (nSPS) is 16.1. The first-order valence-electron chi connectivity index (χ1n) is 10.2. The number of fused-ring (bicyclic) bond motifs is 3. The summed E-state index contributed by atoms with van der Waals surface area (Å²) in [6.07, 6.45) is 0. The average molecular weight is 535 g/mol. The van der Waals surface area contributed by atoms with Gasteiger partial charge < -0.3 is 0 Å². The molecule has 0 bridgehead atoms. The Morgan fingerprint density at radius 3 is 1.72 bits per heavy atom. The van der Waals surface area contributed by atoms with Crippen molar-refractivity contribution in [1.29, 1.82) is 0 Å². The van der Waals surface area contributed by atoms with E-state index in [2.05, 4.69) is 90.3 Å². The SMILES string of the molecule is Cl.Cl.[CH2]=[Zr]([CH3])([CH2]CO)([NH]C(C)(C)C)([CH]1c2ccccc2-c2ccccc21)[SiH](C)C. The molecule has 163 valence electrons. The van der Waals surface area contributed by atoms with Gasteiger partial charge >= 0.3 is 164 Å². The first kappa shape index (κ1) is 26.9. The molecule has 0 fully saturated rings. The molecule has 0 aliphatic heterocycles. The maximum absolute atomic E-state index is 10.3. The van der Waals surface area contributed by atoms with Crippen LogP contribution in [0.25, 0.3) is 11.1 Å². The van der Waals surface area contributed by atoms with Crippen molar-refractivity contribution in [3.05, 3.63) is 59.7 Å². The van der Waals surface area contributed by atoms with Gasteiger partial charge in [0.25, 0.3) is 0 Å². The molecule has 0 heterocycles. The fraction of sp³-hybridized carbons (Fsp3) is 0.435. The van der Waals surface area contributed by atoms with E-state index in [0.717, 1.165) is 4.13 Å². The Hall–Kier alpha value is -0.0900. The fourth-order valence-corrected chi connectivity index (χ4v) is 40.7. The number of nitrogens with one attached hydrogen (secondary N) is 1. The summed E-state index contributed by atoms with van der Waals surface area (Å²) in [6.45, 7) is 11.9. The third-order valence-electron chi connectivity index (χ3n) is 7.63. The van der Waals surface area contributed by atoms with Crippen LogP contribution in [0, 0.1) is 0 Å². The minimum atomic E-state index is -4.48. The quantitative estimate of drug-likeness (QED) is 0.461. The summed E-state index contributed by atoms with van der Waals surface area (Å²) in [4.78, 5) is 0. The van der Waals surface area contributed by atoms with Crippen LogP contribution in [0.3, 0.4) is 0 Å². The Labute approximate surface area is 187 Å². The number of rotatable bonds is 5. The first-order valence-corrected chi connectivity index (χ1v) is 26.0. The summed E-state index contributed by atoms with van der Waals surface area (Å²) in [5.74, 6) is -1.32. The molecule has 0 aromatic heterocycles. The van der Waals surface area contributed by atoms with Crippen molar-refractivity contribution in [3.63, 3.8) is 0 Å². The molecule has 2 N–H and O–H groups in total. The van der Waals surface area contributed by atoms with Crippen LogP contribution < -0.4 is 3.26 Å². The summed E-state index contributed by atoms with van der Waals surface area (Å²) in [5, 5.41) is 10.3. The monoisotopic (exact) mass is 532 g/mol. The van der Waals surface area contributed by atoms with Crippen LogP contribution in [0.15, 0.2) is 48.5 Å². The van der Waals surface area contributed by atoms with Gasteiger partial charge in [-0.25, -0.2) is 0 Å². The molecular weight excluding hydrogens is 496 g/mol. The van der Waals surface area contributed by atoms with E-state index in [0.29, 0.717) is 0 Å².